The van der Waals surface area contributed by atoms with Crippen LogP contribution in [0.5, 0.6) is 0 Å². The number of halogens is 1. The highest BCUT2D eigenvalue weighted by Crippen LogP contribution is 2.24. The number of carbonyl (C=O) groups is 1. The molecule has 0 spiro atoms. The highest BCUT2D eigenvalue weighted by atomic mass is 19.1. The highest BCUT2D eigenvalue weighted by Gasteiger charge is 2.15. The molecule has 0 heterocycles. The summed E-state index contributed by atoms with van der Waals surface area (Å²) < 4.78 is 13.2. The van der Waals surface area contributed by atoms with Crippen LogP contribution in [0.4, 0.5) is 4.39 Å². The maximum Gasteiger partial charge on any atom is 0.251 e. The molecule has 2 aromatic carbocycles. The van der Waals surface area contributed by atoms with Gasteiger partial charge in [-0.2, -0.15) is 0 Å². The summed E-state index contributed by atoms with van der Waals surface area (Å²) in [6.07, 6.45) is 4.77. The number of rotatable bonds is 3. The first-order valence-electron chi connectivity index (χ1n) is 7.81. The second kappa shape index (κ2) is 6.30. The van der Waals surface area contributed by atoms with E-state index in [1.54, 1.807) is 12.1 Å². The van der Waals surface area contributed by atoms with Gasteiger partial charge in [-0.3, -0.25) is 4.79 Å². The van der Waals surface area contributed by atoms with Crippen molar-refractivity contribution >= 4 is 5.91 Å². The van der Waals surface area contributed by atoms with Gasteiger partial charge in [0.2, 0.25) is 0 Å². The lowest BCUT2D eigenvalue weighted by atomic mass is 9.89. The van der Waals surface area contributed by atoms with Gasteiger partial charge in [-0.25, -0.2) is 4.39 Å². The maximum absolute atomic E-state index is 13.2. The van der Waals surface area contributed by atoms with E-state index in [1.807, 2.05) is 6.92 Å². The number of aryl methyl sites for hydroxylation is 2. The summed E-state index contributed by atoms with van der Waals surface area (Å²) in [5, 5.41) is 2.94. The van der Waals surface area contributed by atoms with Crippen molar-refractivity contribution in [1.29, 1.82) is 0 Å². The van der Waals surface area contributed by atoms with E-state index in [0.717, 1.165) is 18.4 Å². The molecular formula is C19H20FNO. The number of benzene rings is 2. The quantitative estimate of drug-likeness (QED) is 0.904. The highest BCUT2D eigenvalue weighted by molar-refractivity contribution is 5.94. The summed E-state index contributed by atoms with van der Waals surface area (Å²) in [5.41, 5.74) is 4.28. The van der Waals surface area contributed by atoms with Gasteiger partial charge in [0.15, 0.2) is 0 Å². The van der Waals surface area contributed by atoms with Crippen molar-refractivity contribution in [3.05, 3.63) is 70.5 Å². The Morgan fingerprint density at radius 3 is 2.64 bits per heavy atom. The second-order valence-electron chi connectivity index (χ2n) is 5.94. The van der Waals surface area contributed by atoms with E-state index in [4.69, 9.17) is 0 Å². The zero-order chi connectivity index (χ0) is 15.5. The van der Waals surface area contributed by atoms with Gasteiger partial charge in [0, 0.05) is 5.56 Å². The van der Waals surface area contributed by atoms with Crippen LogP contribution in [0.15, 0.2) is 42.5 Å². The van der Waals surface area contributed by atoms with Crippen molar-refractivity contribution in [3.63, 3.8) is 0 Å². The smallest absolute Gasteiger partial charge is 0.251 e. The van der Waals surface area contributed by atoms with Gasteiger partial charge in [-0.15, -0.1) is 0 Å². The fraction of sp³-hybridized carbons (Fsp3) is 0.316. The topological polar surface area (TPSA) is 29.1 Å². The van der Waals surface area contributed by atoms with Crippen molar-refractivity contribution in [2.75, 3.05) is 0 Å². The molecular weight excluding hydrogens is 277 g/mol. The van der Waals surface area contributed by atoms with Gasteiger partial charge >= 0.3 is 0 Å². The minimum atomic E-state index is -0.394. The van der Waals surface area contributed by atoms with Crippen molar-refractivity contribution in [1.82, 2.24) is 5.32 Å². The van der Waals surface area contributed by atoms with Crippen LogP contribution >= 0.6 is 0 Å². The summed E-state index contributed by atoms with van der Waals surface area (Å²) in [7, 11) is 0. The molecule has 1 N–H and O–H groups in total. The Morgan fingerprint density at radius 2 is 1.86 bits per heavy atom. The number of hydrogen-bond acceptors (Lipinski definition) is 1. The van der Waals surface area contributed by atoms with Crippen LogP contribution in [0, 0.1) is 5.82 Å². The molecule has 2 nitrogen and oxygen atoms in total. The van der Waals surface area contributed by atoms with Crippen LogP contribution in [0.25, 0.3) is 0 Å². The largest absolute Gasteiger partial charge is 0.346 e. The molecule has 3 rings (SSSR count). The molecule has 1 unspecified atom stereocenters. The van der Waals surface area contributed by atoms with E-state index in [-0.39, 0.29) is 11.9 Å². The van der Waals surface area contributed by atoms with Gasteiger partial charge in [0.1, 0.15) is 5.82 Å². The first kappa shape index (κ1) is 14.8. The van der Waals surface area contributed by atoms with Crippen molar-refractivity contribution in [2.45, 2.75) is 38.6 Å². The van der Waals surface area contributed by atoms with Gasteiger partial charge in [0.05, 0.1) is 6.04 Å². The molecule has 0 aromatic heterocycles. The molecule has 114 valence electrons. The molecule has 0 saturated heterocycles. The normalized spacial score (nSPS) is 15.0. The predicted octanol–water partition coefficient (Wildman–Crippen LogP) is 4.20. The lowest BCUT2D eigenvalue weighted by Gasteiger charge is -2.20. The fourth-order valence-corrected chi connectivity index (χ4v) is 3.02. The van der Waals surface area contributed by atoms with Gasteiger partial charge in [-0.1, -0.05) is 24.3 Å². The monoisotopic (exact) mass is 297 g/mol. The molecule has 0 saturated carbocycles. The summed E-state index contributed by atoms with van der Waals surface area (Å²) in [6, 6.07) is 12.1. The van der Waals surface area contributed by atoms with Gasteiger partial charge < -0.3 is 5.32 Å². The maximum atomic E-state index is 13.2. The molecule has 1 aliphatic rings. The molecule has 1 amide bonds. The van der Waals surface area contributed by atoms with Gasteiger partial charge in [0.25, 0.3) is 5.91 Å². The molecule has 0 fully saturated rings. The van der Waals surface area contributed by atoms with E-state index >= 15 is 0 Å². The van der Waals surface area contributed by atoms with Gasteiger partial charge in [-0.05, 0) is 67.5 Å². The van der Waals surface area contributed by atoms with Crippen molar-refractivity contribution < 1.29 is 9.18 Å². The molecule has 22 heavy (non-hydrogen) atoms. The van der Waals surface area contributed by atoms with E-state index in [1.165, 1.54) is 36.1 Å². The zero-order valence-electron chi connectivity index (χ0n) is 12.7. The molecule has 1 aliphatic carbocycles. The second-order valence-corrected chi connectivity index (χ2v) is 5.94. The van der Waals surface area contributed by atoms with Crippen molar-refractivity contribution in [2.24, 2.45) is 0 Å². The van der Waals surface area contributed by atoms with Crippen LogP contribution in [0.1, 0.15) is 52.9 Å². The molecule has 0 radical (unpaired) electrons. The van der Waals surface area contributed by atoms with E-state index in [9.17, 15) is 9.18 Å². The summed E-state index contributed by atoms with van der Waals surface area (Å²) in [4.78, 5) is 12.2. The van der Waals surface area contributed by atoms with E-state index in [2.05, 4.69) is 23.5 Å². The number of carbonyl (C=O) groups excluding carboxylic acids is 1. The zero-order valence-corrected chi connectivity index (χ0v) is 12.7. The van der Waals surface area contributed by atoms with Crippen LogP contribution < -0.4 is 5.32 Å². The Kier molecular flexibility index (Phi) is 4.23. The van der Waals surface area contributed by atoms with Crippen LogP contribution in [-0.4, -0.2) is 5.91 Å². The summed E-state index contributed by atoms with van der Waals surface area (Å²) >= 11 is 0. The minimum absolute atomic E-state index is 0.0945. The Balaban J connectivity index is 1.74. The number of nitrogens with one attached hydrogen (secondary N) is 1. The Bertz CT molecular complexity index is 696. The first-order chi connectivity index (χ1) is 10.6. The number of amides is 1. The SMILES string of the molecule is CC(NC(=O)c1cccc(F)c1)c1ccc2c(c1)CCCC2. The molecule has 1 atom stereocenters. The average Bonchev–Trinajstić information content (AvgIpc) is 2.54. The van der Waals surface area contributed by atoms with E-state index in [0.29, 0.717) is 5.56 Å². The predicted molar refractivity (Wildman–Crippen MR) is 85.4 cm³/mol. The molecule has 3 heteroatoms. The third kappa shape index (κ3) is 3.19. The van der Waals surface area contributed by atoms with Crippen molar-refractivity contribution in [3.8, 4) is 0 Å². The summed E-state index contributed by atoms with van der Waals surface area (Å²) in [5.74, 6) is -0.640. The first-order valence-corrected chi connectivity index (χ1v) is 7.81. The van der Waals surface area contributed by atoms with E-state index < -0.39 is 5.82 Å². The molecule has 0 aliphatic heterocycles. The third-order valence-corrected chi connectivity index (χ3v) is 4.31. The van der Waals surface area contributed by atoms with Crippen LogP contribution in [0.2, 0.25) is 0 Å². The Morgan fingerprint density at radius 1 is 1.09 bits per heavy atom. The molecule has 2 aromatic rings. The number of hydrogen-bond donors (Lipinski definition) is 1. The number of fused-ring (bicyclic) bond motifs is 1. The lowest BCUT2D eigenvalue weighted by Crippen LogP contribution is -2.26. The summed E-state index contributed by atoms with van der Waals surface area (Å²) in [6.45, 7) is 1.96. The fourth-order valence-electron chi connectivity index (χ4n) is 3.02. The third-order valence-electron chi connectivity index (χ3n) is 4.31. The average molecular weight is 297 g/mol. The molecule has 0 bridgehead atoms. The van der Waals surface area contributed by atoms with Crippen LogP contribution in [-0.2, 0) is 12.8 Å². The lowest BCUT2D eigenvalue weighted by molar-refractivity contribution is 0.0939. The standard InChI is InChI=1S/C19H20FNO/c1-13(21-19(22)17-7-4-8-18(20)12-17)15-10-9-14-5-2-3-6-16(14)11-15/h4,7-13H,2-3,5-6H2,1H3,(H,21,22). The minimum Gasteiger partial charge on any atom is -0.346 e. The van der Waals surface area contributed by atoms with Crippen LogP contribution in [0.3, 0.4) is 0 Å². The Hall–Kier alpha value is -2.16. The Labute approximate surface area is 130 Å².